The summed E-state index contributed by atoms with van der Waals surface area (Å²) in [5.74, 6) is -0.0494. The van der Waals surface area contributed by atoms with Gasteiger partial charge in [0.1, 0.15) is 0 Å². The van der Waals surface area contributed by atoms with Crippen LogP contribution in [0.1, 0.15) is 23.4 Å². The number of thiophene rings is 1. The number of hydrogen-bond donors (Lipinski definition) is 2. The van der Waals surface area contributed by atoms with Crippen molar-refractivity contribution in [3.63, 3.8) is 0 Å². The van der Waals surface area contributed by atoms with Crippen molar-refractivity contribution in [1.29, 1.82) is 0 Å². The molecule has 0 radical (unpaired) electrons. The first kappa shape index (κ1) is 20.6. The molecule has 3 aromatic rings. The van der Waals surface area contributed by atoms with Crippen molar-refractivity contribution < 1.29 is 9.53 Å². The molecule has 30 heavy (non-hydrogen) atoms. The maximum atomic E-state index is 12.8. The summed E-state index contributed by atoms with van der Waals surface area (Å²) in [6.45, 7) is 5.22. The Balaban J connectivity index is 1.40. The number of nitrogens with zero attached hydrogens (tertiary/aromatic N) is 1. The fourth-order valence-electron chi connectivity index (χ4n) is 3.60. The van der Waals surface area contributed by atoms with Crippen LogP contribution in [0.5, 0.6) is 0 Å². The van der Waals surface area contributed by atoms with Gasteiger partial charge in [-0.05, 0) is 48.2 Å². The van der Waals surface area contributed by atoms with Crippen LogP contribution in [0.4, 0.5) is 11.4 Å². The summed E-state index contributed by atoms with van der Waals surface area (Å²) >= 11 is 1.69. The highest BCUT2D eigenvalue weighted by Crippen LogP contribution is 2.26. The van der Waals surface area contributed by atoms with Crippen molar-refractivity contribution >= 4 is 28.6 Å². The van der Waals surface area contributed by atoms with Crippen molar-refractivity contribution in [2.75, 3.05) is 36.5 Å². The van der Waals surface area contributed by atoms with Gasteiger partial charge in [-0.25, -0.2) is 0 Å². The van der Waals surface area contributed by atoms with Crippen molar-refractivity contribution in [3.05, 3.63) is 82.6 Å². The third-order valence-corrected chi connectivity index (χ3v) is 6.22. The standard InChI is InChI=1S/C24H27N3O2S/c1-18(25-23(22-8-5-17-30-22)19-6-3-2-4-7-19)24(28)26-20-9-11-21(12-10-20)27-13-15-29-16-14-27/h2-12,17-18,23,25H,13-16H2,1H3,(H,26,28)/t18-,23-/m0/s1. The molecule has 0 saturated carbocycles. The Bertz CT molecular complexity index is 923. The van der Waals surface area contributed by atoms with Gasteiger partial charge in [-0.1, -0.05) is 36.4 Å². The molecule has 1 saturated heterocycles. The lowest BCUT2D eigenvalue weighted by Crippen LogP contribution is -2.40. The fourth-order valence-corrected chi connectivity index (χ4v) is 4.41. The Morgan fingerprint density at radius 2 is 1.73 bits per heavy atom. The van der Waals surface area contributed by atoms with Crippen molar-refractivity contribution in [3.8, 4) is 0 Å². The minimum absolute atomic E-state index is 0.0179. The number of anilines is 2. The summed E-state index contributed by atoms with van der Waals surface area (Å²) < 4.78 is 5.41. The molecule has 1 aliphatic heterocycles. The van der Waals surface area contributed by atoms with Gasteiger partial charge in [0.15, 0.2) is 0 Å². The van der Waals surface area contributed by atoms with Crippen LogP contribution in [0.2, 0.25) is 0 Å². The quantitative estimate of drug-likeness (QED) is 0.598. The zero-order chi connectivity index (χ0) is 20.8. The van der Waals surface area contributed by atoms with Crippen molar-refractivity contribution in [2.24, 2.45) is 0 Å². The van der Waals surface area contributed by atoms with Crippen molar-refractivity contribution in [1.82, 2.24) is 5.32 Å². The topological polar surface area (TPSA) is 53.6 Å². The summed E-state index contributed by atoms with van der Waals surface area (Å²) in [6, 6.07) is 22.0. The highest BCUT2D eigenvalue weighted by atomic mass is 32.1. The second-order valence-corrected chi connectivity index (χ2v) is 8.36. The Hall–Kier alpha value is -2.67. The molecule has 2 aromatic carbocycles. The first-order chi connectivity index (χ1) is 14.7. The van der Waals surface area contributed by atoms with Crippen LogP contribution in [0.3, 0.4) is 0 Å². The maximum Gasteiger partial charge on any atom is 0.241 e. The van der Waals surface area contributed by atoms with E-state index in [0.29, 0.717) is 0 Å². The second-order valence-electron chi connectivity index (χ2n) is 7.38. The third-order valence-electron chi connectivity index (χ3n) is 5.28. The van der Waals surface area contributed by atoms with E-state index in [0.717, 1.165) is 43.2 Å². The normalized spacial score (nSPS) is 16.1. The predicted molar refractivity (Wildman–Crippen MR) is 123 cm³/mol. The van der Waals surface area contributed by atoms with Gasteiger partial charge in [-0.3, -0.25) is 10.1 Å². The Morgan fingerprint density at radius 3 is 2.40 bits per heavy atom. The molecular weight excluding hydrogens is 394 g/mol. The molecule has 156 valence electrons. The van der Waals surface area contributed by atoms with Crippen LogP contribution in [0, 0.1) is 0 Å². The third kappa shape index (κ3) is 5.08. The average molecular weight is 422 g/mol. The lowest BCUT2D eigenvalue weighted by atomic mass is 10.0. The van der Waals surface area contributed by atoms with Gasteiger partial charge >= 0.3 is 0 Å². The Kier molecular flexibility index (Phi) is 6.79. The smallest absolute Gasteiger partial charge is 0.241 e. The van der Waals surface area contributed by atoms with Crippen LogP contribution in [-0.4, -0.2) is 38.3 Å². The van der Waals surface area contributed by atoms with Gasteiger partial charge in [0.25, 0.3) is 0 Å². The van der Waals surface area contributed by atoms with Crippen LogP contribution in [-0.2, 0) is 9.53 Å². The summed E-state index contributed by atoms with van der Waals surface area (Å²) in [6.07, 6.45) is 0. The van der Waals surface area contributed by atoms with Gasteiger partial charge in [0, 0.05) is 29.3 Å². The lowest BCUT2D eigenvalue weighted by Gasteiger charge is -2.29. The maximum absolute atomic E-state index is 12.8. The van der Waals surface area contributed by atoms with E-state index in [1.54, 1.807) is 11.3 Å². The number of amides is 1. The molecule has 1 fully saturated rings. The predicted octanol–water partition coefficient (Wildman–Crippen LogP) is 4.29. The minimum Gasteiger partial charge on any atom is -0.378 e. The Labute approximate surface area is 181 Å². The van der Waals surface area contributed by atoms with E-state index >= 15 is 0 Å². The van der Waals surface area contributed by atoms with E-state index in [2.05, 4.69) is 51.2 Å². The first-order valence-electron chi connectivity index (χ1n) is 10.3. The number of ether oxygens (including phenoxy) is 1. The molecule has 2 N–H and O–H groups in total. The summed E-state index contributed by atoms with van der Waals surface area (Å²) in [7, 11) is 0. The van der Waals surface area contributed by atoms with Crippen LogP contribution < -0.4 is 15.5 Å². The zero-order valence-electron chi connectivity index (χ0n) is 17.1. The van der Waals surface area contributed by atoms with E-state index in [9.17, 15) is 4.79 Å². The number of hydrogen-bond acceptors (Lipinski definition) is 5. The monoisotopic (exact) mass is 421 g/mol. The molecule has 0 unspecified atom stereocenters. The van der Waals surface area contributed by atoms with Gasteiger partial charge in [-0.2, -0.15) is 0 Å². The SMILES string of the molecule is C[C@H](N[C@@H](c1ccccc1)c1cccs1)C(=O)Nc1ccc(N2CCOCC2)cc1. The zero-order valence-corrected chi connectivity index (χ0v) is 17.9. The molecule has 1 aromatic heterocycles. The number of carbonyl (C=O) groups excluding carboxylic acids is 1. The van der Waals surface area contributed by atoms with E-state index in [-0.39, 0.29) is 18.0 Å². The second kappa shape index (κ2) is 9.89. The van der Waals surface area contributed by atoms with E-state index < -0.39 is 0 Å². The lowest BCUT2D eigenvalue weighted by molar-refractivity contribution is -0.117. The molecule has 0 bridgehead atoms. The molecule has 0 spiro atoms. The molecule has 1 aliphatic rings. The number of rotatable bonds is 7. The summed E-state index contributed by atoms with van der Waals surface area (Å²) in [5.41, 5.74) is 3.11. The number of morpholine rings is 1. The Morgan fingerprint density at radius 1 is 1.00 bits per heavy atom. The molecular formula is C24H27N3O2S. The number of benzene rings is 2. The van der Waals surface area contributed by atoms with E-state index in [1.807, 2.05) is 43.3 Å². The molecule has 4 rings (SSSR count). The highest BCUT2D eigenvalue weighted by molar-refractivity contribution is 7.10. The summed E-state index contributed by atoms with van der Waals surface area (Å²) in [5, 5.41) is 8.59. The largest absolute Gasteiger partial charge is 0.378 e. The van der Waals surface area contributed by atoms with E-state index in [1.165, 1.54) is 4.88 Å². The molecule has 5 nitrogen and oxygen atoms in total. The molecule has 1 amide bonds. The van der Waals surface area contributed by atoms with Gasteiger partial charge in [0.2, 0.25) is 5.91 Å². The highest BCUT2D eigenvalue weighted by Gasteiger charge is 2.21. The molecule has 2 heterocycles. The van der Waals surface area contributed by atoms with Crippen molar-refractivity contribution in [2.45, 2.75) is 19.0 Å². The average Bonchev–Trinajstić information content (AvgIpc) is 3.33. The van der Waals surface area contributed by atoms with Crippen LogP contribution in [0.15, 0.2) is 72.1 Å². The number of nitrogens with one attached hydrogen (secondary N) is 2. The fraction of sp³-hybridized carbons (Fsp3) is 0.292. The summed E-state index contributed by atoms with van der Waals surface area (Å²) in [4.78, 5) is 16.3. The molecule has 6 heteroatoms. The van der Waals surface area contributed by atoms with E-state index in [4.69, 9.17) is 4.74 Å². The van der Waals surface area contributed by atoms with Gasteiger partial charge in [0.05, 0.1) is 25.3 Å². The molecule has 0 aliphatic carbocycles. The van der Waals surface area contributed by atoms with Crippen LogP contribution in [0.25, 0.3) is 0 Å². The first-order valence-corrected chi connectivity index (χ1v) is 11.2. The number of carbonyl (C=O) groups is 1. The van der Waals surface area contributed by atoms with Crippen LogP contribution >= 0.6 is 11.3 Å². The van der Waals surface area contributed by atoms with Gasteiger partial charge in [-0.15, -0.1) is 11.3 Å². The molecule has 2 atom stereocenters. The van der Waals surface area contributed by atoms with Gasteiger partial charge < -0.3 is 15.0 Å². The minimum atomic E-state index is -0.351.